The number of hydrogen-bond donors (Lipinski definition) is 2. The van der Waals surface area contributed by atoms with Crippen LogP contribution in [0.4, 0.5) is 5.69 Å². The van der Waals surface area contributed by atoms with Gasteiger partial charge in [0.2, 0.25) is 0 Å². The van der Waals surface area contributed by atoms with E-state index in [-0.39, 0.29) is 12.0 Å². The molecule has 2 atom stereocenters. The number of nitrogens with two attached hydrogens (primary N) is 1. The number of rotatable bonds is 4. The molecule has 2 rings (SSSR count). The Bertz CT molecular complexity index is 428. The van der Waals surface area contributed by atoms with E-state index in [9.17, 15) is 4.79 Å². The molecule has 0 saturated carbocycles. The van der Waals surface area contributed by atoms with Gasteiger partial charge in [0, 0.05) is 31.8 Å². The highest BCUT2D eigenvalue weighted by Crippen LogP contribution is 2.19. The lowest BCUT2D eigenvalue weighted by Crippen LogP contribution is -2.33. The van der Waals surface area contributed by atoms with Crippen molar-refractivity contribution < 1.29 is 9.53 Å². The van der Waals surface area contributed by atoms with Crippen LogP contribution in [-0.4, -0.2) is 29.7 Å². The van der Waals surface area contributed by atoms with Crippen LogP contribution in [-0.2, 0) is 11.3 Å². The number of carbonyl (C=O) groups excluding carboxylic acids is 1. The Labute approximate surface area is 107 Å². The average Bonchev–Trinajstić information content (AvgIpc) is 2.92. The summed E-state index contributed by atoms with van der Waals surface area (Å²) in [5.74, 6) is 0.351. The molecule has 0 spiro atoms. The molecular formula is C13H21N3O2. The first-order chi connectivity index (χ1) is 8.61. The lowest BCUT2D eigenvalue weighted by atomic mass is 10.0. The van der Waals surface area contributed by atoms with E-state index in [0.29, 0.717) is 23.8 Å². The minimum atomic E-state index is -0.0624. The molecular weight excluding hydrogens is 230 g/mol. The Morgan fingerprint density at radius 3 is 3.06 bits per heavy atom. The Morgan fingerprint density at radius 2 is 2.44 bits per heavy atom. The number of nitrogens with zero attached hydrogens (tertiary/aromatic N) is 1. The van der Waals surface area contributed by atoms with Gasteiger partial charge in [-0.3, -0.25) is 4.79 Å². The second-order valence-corrected chi connectivity index (χ2v) is 4.78. The first-order valence-corrected chi connectivity index (χ1v) is 6.47. The molecule has 100 valence electrons. The molecule has 2 heterocycles. The fraction of sp³-hybridized carbons (Fsp3) is 0.615. The summed E-state index contributed by atoms with van der Waals surface area (Å²) in [4.78, 5) is 12.1. The van der Waals surface area contributed by atoms with Gasteiger partial charge in [0.1, 0.15) is 5.69 Å². The van der Waals surface area contributed by atoms with Crippen molar-refractivity contribution >= 4 is 11.6 Å². The normalized spacial score (nSPS) is 23.2. The summed E-state index contributed by atoms with van der Waals surface area (Å²) < 4.78 is 7.34. The van der Waals surface area contributed by atoms with Gasteiger partial charge in [-0.2, -0.15) is 0 Å². The zero-order chi connectivity index (χ0) is 13.1. The van der Waals surface area contributed by atoms with Crippen LogP contribution in [0.1, 0.15) is 30.8 Å². The maximum Gasteiger partial charge on any atom is 0.267 e. The molecule has 1 aromatic rings. The van der Waals surface area contributed by atoms with Crippen LogP contribution in [0.25, 0.3) is 0 Å². The van der Waals surface area contributed by atoms with Gasteiger partial charge in [-0.15, -0.1) is 0 Å². The van der Waals surface area contributed by atoms with Crippen LogP contribution in [0.5, 0.6) is 0 Å². The lowest BCUT2D eigenvalue weighted by Gasteiger charge is -2.15. The predicted molar refractivity (Wildman–Crippen MR) is 70.4 cm³/mol. The molecule has 1 fully saturated rings. The number of amides is 1. The van der Waals surface area contributed by atoms with Gasteiger partial charge < -0.3 is 20.4 Å². The zero-order valence-electron chi connectivity index (χ0n) is 11.0. The monoisotopic (exact) mass is 251 g/mol. The number of nitrogens with one attached hydrogen (secondary N) is 1. The van der Waals surface area contributed by atoms with E-state index in [1.54, 1.807) is 12.3 Å². The average molecular weight is 251 g/mol. The SMILES string of the molecule is CCn1cc(N)cc1C(=O)NCC1CCOC1C. The van der Waals surface area contributed by atoms with Crippen molar-refractivity contribution in [2.24, 2.45) is 5.92 Å². The van der Waals surface area contributed by atoms with Crippen LogP contribution in [0.2, 0.25) is 0 Å². The molecule has 0 aliphatic carbocycles. The van der Waals surface area contributed by atoms with Crippen LogP contribution in [0.15, 0.2) is 12.3 Å². The molecule has 5 heteroatoms. The zero-order valence-corrected chi connectivity index (χ0v) is 11.0. The van der Waals surface area contributed by atoms with E-state index in [0.717, 1.165) is 19.6 Å². The van der Waals surface area contributed by atoms with Crippen LogP contribution < -0.4 is 11.1 Å². The van der Waals surface area contributed by atoms with Crippen LogP contribution in [0, 0.1) is 5.92 Å². The predicted octanol–water partition coefficient (Wildman–Crippen LogP) is 1.24. The quantitative estimate of drug-likeness (QED) is 0.846. The molecule has 5 nitrogen and oxygen atoms in total. The number of nitrogen functional groups attached to an aromatic ring is 1. The summed E-state index contributed by atoms with van der Waals surface area (Å²) >= 11 is 0. The summed E-state index contributed by atoms with van der Waals surface area (Å²) in [5, 5.41) is 2.96. The van der Waals surface area contributed by atoms with E-state index in [4.69, 9.17) is 10.5 Å². The van der Waals surface area contributed by atoms with Gasteiger partial charge >= 0.3 is 0 Å². The molecule has 1 saturated heterocycles. The van der Waals surface area contributed by atoms with Crippen molar-refractivity contribution in [3.8, 4) is 0 Å². The summed E-state index contributed by atoms with van der Waals surface area (Å²) in [6, 6.07) is 1.72. The number of ether oxygens (including phenoxy) is 1. The molecule has 18 heavy (non-hydrogen) atoms. The first-order valence-electron chi connectivity index (χ1n) is 6.47. The molecule has 1 aliphatic heterocycles. The second-order valence-electron chi connectivity index (χ2n) is 4.78. The second kappa shape index (κ2) is 5.44. The van der Waals surface area contributed by atoms with Gasteiger partial charge in [-0.1, -0.05) is 0 Å². The Hall–Kier alpha value is -1.49. The van der Waals surface area contributed by atoms with Gasteiger partial charge in [0.25, 0.3) is 5.91 Å². The van der Waals surface area contributed by atoms with E-state index >= 15 is 0 Å². The molecule has 1 aromatic heterocycles. The minimum Gasteiger partial charge on any atom is -0.397 e. The van der Waals surface area contributed by atoms with E-state index in [2.05, 4.69) is 12.2 Å². The number of anilines is 1. The smallest absolute Gasteiger partial charge is 0.267 e. The standard InChI is InChI=1S/C13H21N3O2/c1-3-16-8-11(14)6-12(16)13(17)15-7-10-4-5-18-9(10)2/h6,8-10H,3-5,7,14H2,1-2H3,(H,15,17). The van der Waals surface area contributed by atoms with Crippen molar-refractivity contribution in [1.29, 1.82) is 0 Å². The molecule has 0 bridgehead atoms. The molecule has 1 aliphatic rings. The van der Waals surface area contributed by atoms with Gasteiger partial charge in [-0.25, -0.2) is 0 Å². The van der Waals surface area contributed by atoms with Gasteiger partial charge in [0.05, 0.1) is 11.8 Å². The Morgan fingerprint density at radius 1 is 1.67 bits per heavy atom. The maximum atomic E-state index is 12.1. The lowest BCUT2D eigenvalue weighted by molar-refractivity contribution is 0.0900. The summed E-state index contributed by atoms with van der Waals surface area (Å²) in [6.07, 6.45) is 3.03. The third-order valence-electron chi connectivity index (χ3n) is 3.55. The van der Waals surface area contributed by atoms with E-state index < -0.39 is 0 Å². The van der Waals surface area contributed by atoms with Crippen molar-refractivity contribution in [1.82, 2.24) is 9.88 Å². The molecule has 0 radical (unpaired) electrons. The summed E-state index contributed by atoms with van der Waals surface area (Å²) in [7, 11) is 0. The highest BCUT2D eigenvalue weighted by Gasteiger charge is 2.25. The Balaban J connectivity index is 1.94. The fourth-order valence-corrected chi connectivity index (χ4v) is 2.34. The van der Waals surface area contributed by atoms with Crippen molar-refractivity contribution in [2.45, 2.75) is 32.9 Å². The Kier molecular flexibility index (Phi) is 3.91. The summed E-state index contributed by atoms with van der Waals surface area (Å²) in [6.45, 7) is 6.23. The van der Waals surface area contributed by atoms with Gasteiger partial charge in [0.15, 0.2) is 0 Å². The van der Waals surface area contributed by atoms with Crippen molar-refractivity contribution in [2.75, 3.05) is 18.9 Å². The number of carbonyl (C=O) groups is 1. The number of aromatic nitrogens is 1. The first kappa shape index (κ1) is 13.0. The van der Waals surface area contributed by atoms with Crippen molar-refractivity contribution in [3.63, 3.8) is 0 Å². The number of aryl methyl sites for hydroxylation is 1. The third-order valence-corrected chi connectivity index (χ3v) is 3.55. The van der Waals surface area contributed by atoms with Crippen LogP contribution >= 0.6 is 0 Å². The van der Waals surface area contributed by atoms with Gasteiger partial charge in [-0.05, 0) is 26.3 Å². The molecule has 3 N–H and O–H groups in total. The number of hydrogen-bond acceptors (Lipinski definition) is 3. The molecule has 1 amide bonds. The maximum absolute atomic E-state index is 12.1. The van der Waals surface area contributed by atoms with Crippen LogP contribution in [0.3, 0.4) is 0 Å². The highest BCUT2D eigenvalue weighted by molar-refractivity contribution is 5.93. The molecule has 0 aromatic carbocycles. The largest absolute Gasteiger partial charge is 0.397 e. The third kappa shape index (κ3) is 2.67. The fourth-order valence-electron chi connectivity index (χ4n) is 2.34. The minimum absolute atomic E-state index is 0.0624. The van der Waals surface area contributed by atoms with E-state index in [1.165, 1.54) is 0 Å². The van der Waals surface area contributed by atoms with Crippen molar-refractivity contribution in [3.05, 3.63) is 18.0 Å². The topological polar surface area (TPSA) is 69.3 Å². The molecule has 2 unspecified atom stereocenters. The summed E-state index contributed by atoms with van der Waals surface area (Å²) in [5.41, 5.74) is 6.96. The van der Waals surface area contributed by atoms with E-state index in [1.807, 2.05) is 11.5 Å². The highest BCUT2D eigenvalue weighted by atomic mass is 16.5.